The van der Waals surface area contributed by atoms with E-state index in [4.69, 9.17) is 4.43 Å². The molecule has 0 aromatic heterocycles. The van der Waals surface area contributed by atoms with Crippen LogP contribution in [0.2, 0.25) is 19.6 Å². The van der Waals surface area contributed by atoms with Crippen LogP contribution in [-0.2, 0) is 4.43 Å². The van der Waals surface area contributed by atoms with Gasteiger partial charge in [-0.05, 0) is 111 Å². The van der Waals surface area contributed by atoms with E-state index in [2.05, 4.69) is 85.5 Å². The highest BCUT2D eigenvalue weighted by Crippen LogP contribution is 2.66. The van der Waals surface area contributed by atoms with E-state index >= 15 is 0 Å². The van der Waals surface area contributed by atoms with Crippen molar-refractivity contribution in [3.05, 3.63) is 35.5 Å². The van der Waals surface area contributed by atoms with Crippen LogP contribution in [0.25, 0.3) is 0 Å². The molecule has 0 radical (unpaired) electrons. The Bertz CT molecular complexity index is 813. The first-order chi connectivity index (χ1) is 15.3. The molecule has 4 aliphatic rings. The number of rotatable bonds is 6. The molecule has 1 nitrogen and oxygen atoms in total. The van der Waals surface area contributed by atoms with Crippen molar-refractivity contribution in [2.75, 3.05) is 0 Å². The number of allylic oxidation sites excluding steroid dienone is 5. The largest absolute Gasteiger partial charge is 0.414 e. The fourth-order valence-corrected chi connectivity index (χ4v) is 9.38. The van der Waals surface area contributed by atoms with Gasteiger partial charge in [0.1, 0.15) is 0 Å². The van der Waals surface area contributed by atoms with Gasteiger partial charge in [0.15, 0.2) is 8.32 Å². The van der Waals surface area contributed by atoms with Crippen molar-refractivity contribution in [2.24, 2.45) is 46.3 Å². The maximum absolute atomic E-state index is 6.56. The van der Waals surface area contributed by atoms with E-state index in [-0.39, 0.29) is 0 Å². The Morgan fingerprint density at radius 3 is 2.30 bits per heavy atom. The summed E-state index contributed by atoms with van der Waals surface area (Å²) in [5.41, 5.74) is 4.38. The molecule has 7 unspecified atom stereocenters. The Hall–Kier alpha value is -0.603. The second kappa shape index (κ2) is 9.12. The normalized spacial score (nSPS) is 40.7. The van der Waals surface area contributed by atoms with Gasteiger partial charge in [-0.1, -0.05) is 77.0 Å². The molecule has 0 amide bonds. The summed E-state index contributed by atoms with van der Waals surface area (Å²) in [6, 6.07) is 0. The van der Waals surface area contributed by atoms with Crippen LogP contribution in [0.4, 0.5) is 0 Å². The molecule has 0 aromatic carbocycles. The quantitative estimate of drug-likeness (QED) is 0.279. The molecule has 0 bridgehead atoms. The zero-order chi connectivity index (χ0) is 24.2. The monoisotopic (exact) mass is 468 g/mol. The van der Waals surface area contributed by atoms with E-state index in [1.165, 1.54) is 44.9 Å². The lowest BCUT2D eigenvalue weighted by atomic mass is 9.50. The molecule has 33 heavy (non-hydrogen) atoms. The predicted octanol–water partition coefficient (Wildman–Crippen LogP) is 9.19. The summed E-state index contributed by atoms with van der Waals surface area (Å²) in [5.74, 6) is 4.50. The third kappa shape index (κ3) is 4.77. The van der Waals surface area contributed by atoms with E-state index < -0.39 is 8.32 Å². The summed E-state index contributed by atoms with van der Waals surface area (Å²) in [4.78, 5) is 0. The van der Waals surface area contributed by atoms with Gasteiger partial charge < -0.3 is 4.43 Å². The Kier molecular flexibility index (Phi) is 7.04. The first kappa shape index (κ1) is 25.5. The second-order valence-corrected chi connectivity index (χ2v) is 18.5. The zero-order valence-corrected chi connectivity index (χ0v) is 24.2. The molecule has 186 valence electrons. The third-order valence-corrected chi connectivity index (χ3v) is 11.6. The highest BCUT2D eigenvalue weighted by Gasteiger charge is 2.56. The maximum Gasteiger partial charge on any atom is 0.184 e. The van der Waals surface area contributed by atoms with E-state index in [0.717, 1.165) is 23.7 Å². The first-order valence-electron chi connectivity index (χ1n) is 14.1. The second-order valence-electron chi connectivity index (χ2n) is 14.1. The smallest absolute Gasteiger partial charge is 0.184 e. The lowest BCUT2D eigenvalue weighted by Crippen LogP contribution is -2.47. The van der Waals surface area contributed by atoms with Gasteiger partial charge in [0.05, 0.1) is 0 Å². The van der Waals surface area contributed by atoms with Crippen LogP contribution in [-0.4, -0.2) is 14.4 Å². The topological polar surface area (TPSA) is 9.23 Å². The first-order valence-corrected chi connectivity index (χ1v) is 17.5. The van der Waals surface area contributed by atoms with Crippen LogP contribution in [0, 0.1) is 46.3 Å². The van der Waals surface area contributed by atoms with Crippen molar-refractivity contribution < 1.29 is 4.43 Å². The fraction of sp³-hybridized carbons (Fsp3) is 0.806. The van der Waals surface area contributed by atoms with E-state index in [9.17, 15) is 0 Å². The van der Waals surface area contributed by atoms with Gasteiger partial charge in [-0.15, -0.1) is 0 Å². The van der Waals surface area contributed by atoms with Crippen LogP contribution in [0.3, 0.4) is 0 Å². The molecule has 0 spiro atoms. The summed E-state index contributed by atoms with van der Waals surface area (Å²) < 4.78 is 6.56. The highest BCUT2D eigenvalue weighted by atomic mass is 28.4. The van der Waals surface area contributed by atoms with Crippen molar-refractivity contribution in [3.8, 4) is 0 Å². The van der Waals surface area contributed by atoms with Crippen molar-refractivity contribution in [2.45, 2.75) is 112 Å². The standard InChI is InChI=1S/C31H52OSi/c1-21(2)22(3)10-11-23(4)27-14-15-28-26-13-12-24-20-25(32-33(7,8)9)16-18-30(24,5)29(26)17-19-31(27,28)6/h10-13,21-23,25,27-29H,14-20H2,1-9H3/b11-10+/t22?,23?,25-,27?,28?,29?,30?,31?/m0/s1. The minimum absolute atomic E-state index is 0.376. The number of hydrogen-bond donors (Lipinski definition) is 0. The van der Waals surface area contributed by atoms with Gasteiger partial charge in [0.2, 0.25) is 0 Å². The van der Waals surface area contributed by atoms with Crippen LogP contribution >= 0.6 is 0 Å². The van der Waals surface area contributed by atoms with Gasteiger partial charge in [0.25, 0.3) is 0 Å². The summed E-state index contributed by atoms with van der Waals surface area (Å²) >= 11 is 0. The van der Waals surface area contributed by atoms with Gasteiger partial charge >= 0.3 is 0 Å². The van der Waals surface area contributed by atoms with Crippen molar-refractivity contribution in [1.29, 1.82) is 0 Å². The molecule has 0 N–H and O–H groups in total. The molecule has 0 heterocycles. The van der Waals surface area contributed by atoms with Crippen molar-refractivity contribution in [1.82, 2.24) is 0 Å². The third-order valence-electron chi connectivity index (χ3n) is 10.5. The predicted molar refractivity (Wildman–Crippen MR) is 146 cm³/mol. The summed E-state index contributed by atoms with van der Waals surface area (Å²) in [6.07, 6.45) is 20.0. The van der Waals surface area contributed by atoms with Crippen LogP contribution in [0.1, 0.15) is 86.5 Å². The molecule has 2 heteroatoms. The molecule has 4 aliphatic carbocycles. The van der Waals surface area contributed by atoms with Gasteiger partial charge in [0, 0.05) is 6.10 Å². The summed E-state index contributed by atoms with van der Waals surface area (Å²) in [6.45, 7) is 21.8. The summed E-state index contributed by atoms with van der Waals surface area (Å²) in [5, 5.41) is 0. The molecule has 4 rings (SSSR count). The lowest BCUT2D eigenvalue weighted by molar-refractivity contribution is 0.0417. The Balaban J connectivity index is 1.53. The Morgan fingerprint density at radius 1 is 0.909 bits per heavy atom. The average molecular weight is 469 g/mol. The Labute approximate surface area is 206 Å². The van der Waals surface area contributed by atoms with Crippen molar-refractivity contribution >= 4 is 8.32 Å². The van der Waals surface area contributed by atoms with E-state index in [1.54, 1.807) is 5.57 Å². The van der Waals surface area contributed by atoms with Crippen molar-refractivity contribution in [3.63, 3.8) is 0 Å². The van der Waals surface area contributed by atoms with Gasteiger partial charge in [-0.2, -0.15) is 0 Å². The lowest BCUT2D eigenvalue weighted by Gasteiger charge is -2.55. The SMILES string of the molecule is CC(C)C(C)/C=C/C(C)C1CCC2C3=CC=C4C[C@@H](O[Si](C)(C)C)CCC4(C)C3CCC21C. The van der Waals surface area contributed by atoms with Crippen LogP contribution in [0.15, 0.2) is 35.5 Å². The van der Waals surface area contributed by atoms with Crippen LogP contribution in [0.5, 0.6) is 0 Å². The molecule has 3 saturated carbocycles. The maximum atomic E-state index is 6.56. The molecular weight excluding hydrogens is 416 g/mol. The molecule has 0 aromatic rings. The summed E-state index contributed by atoms with van der Waals surface area (Å²) in [7, 11) is -1.47. The minimum atomic E-state index is -1.47. The van der Waals surface area contributed by atoms with E-state index in [0.29, 0.717) is 28.8 Å². The number of hydrogen-bond acceptors (Lipinski definition) is 1. The molecule has 8 atom stereocenters. The molecule has 3 fully saturated rings. The number of fused-ring (bicyclic) bond motifs is 5. The minimum Gasteiger partial charge on any atom is -0.414 e. The van der Waals surface area contributed by atoms with Gasteiger partial charge in [-0.25, -0.2) is 0 Å². The molecule has 0 saturated heterocycles. The van der Waals surface area contributed by atoms with Gasteiger partial charge in [-0.3, -0.25) is 0 Å². The Morgan fingerprint density at radius 2 is 1.64 bits per heavy atom. The average Bonchev–Trinajstić information content (AvgIpc) is 3.08. The highest BCUT2D eigenvalue weighted by molar-refractivity contribution is 6.69. The zero-order valence-electron chi connectivity index (χ0n) is 23.2. The fourth-order valence-electron chi connectivity index (χ4n) is 8.18. The van der Waals surface area contributed by atoms with E-state index in [1.807, 2.05) is 5.57 Å². The molecular formula is C31H52OSi. The van der Waals surface area contributed by atoms with Crippen LogP contribution < -0.4 is 0 Å². The molecule has 0 aliphatic heterocycles.